The molecule has 4 rings (SSSR count). The Morgan fingerprint density at radius 3 is 2.45 bits per heavy atom. The number of rotatable bonds is 7. The standard InChI is InChI=1S/C23H21FN4O3S2/c1-2-28-20-13-12-18(33(25,30)31)14-19(20)27-23(28)32-21(15-6-4-3-5-7-15)22(29)26-17-10-8-16(24)9-11-17/h3-14,21H,2H2,1H3,(H,26,29)(H2,25,30,31)/t21-/m1/s1. The number of carbonyl (C=O) groups excluding carboxylic acids is 1. The molecule has 1 aromatic heterocycles. The molecule has 170 valence electrons. The number of benzene rings is 3. The smallest absolute Gasteiger partial charge is 0.242 e. The van der Waals surface area contributed by atoms with Crippen LogP contribution >= 0.6 is 11.8 Å². The van der Waals surface area contributed by atoms with E-state index in [1.165, 1.54) is 48.2 Å². The minimum Gasteiger partial charge on any atom is -0.325 e. The molecule has 0 aliphatic carbocycles. The molecule has 0 radical (unpaired) electrons. The van der Waals surface area contributed by atoms with Crippen LogP contribution in [0.2, 0.25) is 0 Å². The van der Waals surface area contributed by atoms with Crippen LogP contribution in [0.4, 0.5) is 10.1 Å². The highest BCUT2D eigenvalue weighted by atomic mass is 32.2. The summed E-state index contributed by atoms with van der Waals surface area (Å²) in [5.74, 6) is -0.685. The van der Waals surface area contributed by atoms with Gasteiger partial charge in [-0.05, 0) is 55.0 Å². The van der Waals surface area contributed by atoms with E-state index in [-0.39, 0.29) is 10.8 Å². The van der Waals surface area contributed by atoms with Gasteiger partial charge in [0.15, 0.2) is 5.16 Å². The van der Waals surface area contributed by atoms with Crippen LogP contribution in [0.5, 0.6) is 0 Å². The maximum atomic E-state index is 13.2. The third kappa shape index (κ3) is 5.08. The van der Waals surface area contributed by atoms with Crippen LogP contribution in [0, 0.1) is 5.82 Å². The molecule has 4 aromatic rings. The van der Waals surface area contributed by atoms with Gasteiger partial charge in [-0.2, -0.15) is 0 Å². The highest BCUT2D eigenvalue weighted by Crippen LogP contribution is 2.37. The minimum atomic E-state index is -3.87. The molecule has 7 nitrogen and oxygen atoms in total. The van der Waals surface area contributed by atoms with Crippen molar-refractivity contribution in [3.05, 3.63) is 84.2 Å². The van der Waals surface area contributed by atoms with Crippen LogP contribution in [0.25, 0.3) is 11.0 Å². The first-order valence-corrected chi connectivity index (χ1v) is 12.5. The molecule has 33 heavy (non-hydrogen) atoms. The Morgan fingerprint density at radius 1 is 1.12 bits per heavy atom. The number of fused-ring (bicyclic) bond motifs is 1. The molecule has 0 spiro atoms. The van der Waals surface area contributed by atoms with Crippen LogP contribution in [-0.2, 0) is 21.4 Å². The topological polar surface area (TPSA) is 107 Å². The number of halogens is 1. The number of sulfonamides is 1. The van der Waals surface area contributed by atoms with E-state index < -0.39 is 21.1 Å². The molecule has 3 N–H and O–H groups in total. The summed E-state index contributed by atoms with van der Waals surface area (Å²) >= 11 is 1.25. The Morgan fingerprint density at radius 2 is 1.82 bits per heavy atom. The number of hydrogen-bond acceptors (Lipinski definition) is 5. The van der Waals surface area contributed by atoms with Crippen molar-refractivity contribution in [3.8, 4) is 0 Å². The maximum Gasteiger partial charge on any atom is 0.242 e. The van der Waals surface area contributed by atoms with Crippen LogP contribution in [0.1, 0.15) is 17.7 Å². The van der Waals surface area contributed by atoms with Gasteiger partial charge in [0.1, 0.15) is 11.1 Å². The number of nitrogens with one attached hydrogen (secondary N) is 1. The predicted molar refractivity (Wildman–Crippen MR) is 127 cm³/mol. The number of amides is 1. The molecule has 1 amide bonds. The van der Waals surface area contributed by atoms with Gasteiger partial charge in [-0.25, -0.2) is 22.9 Å². The number of nitrogens with two attached hydrogens (primary N) is 1. The van der Waals surface area contributed by atoms with Crippen LogP contribution in [-0.4, -0.2) is 23.9 Å². The molecular weight excluding hydrogens is 463 g/mol. The lowest BCUT2D eigenvalue weighted by molar-refractivity contribution is -0.115. The molecule has 0 saturated heterocycles. The summed E-state index contributed by atoms with van der Waals surface area (Å²) < 4.78 is 38.7. The van der Waals surface area contributed by atoms with Gasteiger partial charge in [-0.1, -0.05) is 42.1 Å². The highest BCUT2D eigenvalue weighted by Gasteiger charge is 2.25. The molecular formula is C23H21FN4O3S2. The molecule has 0 aliphatic rings. The average molecular weight is 485 g/mol. The fourth-order valence-electron chi connectivity index (χ4n) is 3.41. The quantitative estimate of drug-likeness (QED) is 0.380. The minimum absolute atomic E-state index is 0.0269. The number of hydrogen-bond donors (Lipinski definition) is 2. The van der Waals surface area contributed by atoms with Crippen molar-refractivity contribution in [2.24, 2.45) is 5.14 Å². The van der Waals surface area contributed by atoms with E-state index in [9.17, 15) is 17.6 Å². The van der Waals surface area contributed by atoms with Crippen LogP contribution in [0.15, 0.2) is 82.8 Å². The predicted octanol–water partition coefficient (Wildman–Crippen LogP) is 4.31. The molecule has 0 saturated carbocycles. The number of thioether (sulfide) groups is 1. The van der Waals surface area contributed by atoms with E-state index in [0.29, 0.717) is 22.9 Å². The zero-order chi connectivity index (χ0) is 23.6. The summed E-state index contributed by atoms with van der Waals surface area (Å²) in [4.78, 5) is 17.8. The van der Waals surface area contributed by atoms with Gasteiger partial charge in [0, 0.05) is 12.2 Å². The molecule has 0 bridgehead atoms. The van der Waals surface area contributed by atoms with Crippen molar-refractivity contribution >= 4 is 44.4 Å². The van der Waals surface area contributed by atoms with Crippen molar-refractivity contribution in [1.29, 1.82) is 0 Å². The summed E-state index contributed by atoms with van der Waals surface area (Å²) in [5, 5.41) is 7.99. The Kier molecular flexibility index (Phi) is 6.50. The summed E-state index contributed by atoms with van der Waals surface area (Å²) in [6.45, 7) is 2.50. The Labute approximate surface area is 194 Å². The average Bonchev–Trinajstić information content (AvgIpc) is 3.15. The molecule has 0 fully saturated rings. The van der Waals surface area contributed by atoms with Gasteiger partial charge in [0.05, 0.1) is 15.9 Å². The van der Waals surface area contributed by atoms with Crippen molar-refractivity contribution in [3.63, 3.8) is 0 Å². The second kappa shape index (κ2) is 9.34. The third-order valence-corrected chi connectivity index (χ3v) is 7.16. The third-order valence-electron chi connectivity index (χ3n) is 5.00. The molecule has 0 aliphatic heterocycles. The van der Waals surface area contributed by atoms with E-state index in [1.807, 2.05) is 41.8 Å². The molecule has 1 heterocycles. The first-order valence-electron chi connectivity index (χ1n) is 10.1. The Hall–Kier alpha value is -3.21. The zero-order valence-electron chi connectivity index (χ0n) is 17.6. The fourth-order valence-corrected chi connectivity index (χ4v) is 5.12. The molecule has 3 aromatic carbocycles. The van der Waals surface area contributed by atoms with Gasteiger partial charge in [-0.3, -0.25) is 4.79 Å². The monoisotopic (exact) mass is 484 g/mol. The molecule has 1 atom stereocenters. The number of primary sulfonamides is 1. The van der Waals surface area contributed by atoms with Gasteiger partial charge in [0.25, 0.3) is 0 Å². The highest BCUT2D eigenvalue weighted by molar-refractivity contribution is 8.00. The number of aryl methyl sites for hydroxylation is 1. The number of anilines is 1. The van der Waals surface area contributed by atoms with E-state index in [1.54, 1.807) is 6.07 Å². The second-order valence-electron chi connectivity index (χ2n) is 7.24. The van der Waals surface area contributed by atoms with Gasteiger partial charge < -0.3 is 9.88 Å². The normalized spacial score (nSPS) is 12.6. The number of nitrogens with zero attached hydrogens (tertiary/aromatic N) is 2. The van der Waals surface area contributed by atoms with E-state index in [0.717, 1.165) is 11.1 Å². The molecule has 10 heteroatoms. The van der Waals surface area contributed by atoms with Crippen molar-refractivity contribution < 1.29 is 17.6 Å². The second-order valence-corrected chi connectivity index (χ2v) is 9.87. The first kappa shape index (κ1) is 23.0. The lowest BCUT2D eigenvalue weighted by Gasteiger charge is -2.17. The summed E-state index contributed by atoms with van der Waals surface area (Å²) in [6.07, 6.45) is 0. The van der Waals surface area contributed by atoms with Crippen molar-refractivity contribution in [2.45, 2.75) is 28.8 Å². The number of carbonyl (C=O) groups is 1. The number of imidazole rings is 1. The van der Waals surface area contributed by atoms with E-state index >= 15 is 0 Å². The van der Waals surface area contributed by atoms with E-state index in [4.69, 9.17) is 5.14 Å². The van der Waals surface area contributed by atoms with Crippen molar-refractivity contribution in [2.75, 3.05) is 5.32 Å². The Balaban J connectivity index is 1.72. The molecule has 0 unspecified atom stereocenters. The van der Waals surface area contributed by atoms with Gasteiger partial charge >= 0.3 is 0 Å². The summed E-state index contributed by atoms with van der Waals surface area (Å²) in [7, 11) is -3.87. The summed E-state index contributed by atoms with van der Waals surface area (Å²) in [5.41, 5.74) is 2.45. The number of aromatic nitrogens is 2. The first-order chi connectivity index (χ1) is 15.8. The Bertz CT molecular complexity index is 1410. The summed E-state index contributed by atoms with van der Waals surface area (Å²) in [6, 6.07) is 19.3. The van der Waals surface area contributed by atoms with Crippen LogP contribution < -0.4 is 10.5 Å². The van der Waals surface area contributed by atoms with Crippen molar-refractivity contribution in [1.82, 2.24) is 9.55 Å². The van der Waals surface area contributed by atoms with Crippen LogP contribution in [0.3, 0.4) is 0 Å². The lowest BCUT2D eigenvalue weighted by atomic mass is 10.1. The lowest BCUT2D eigenvalue weighted by Crippen LogP contribution is -2.19. The van der Waals surface area contributed by atoms with Gasteiger partial charge in [0.2, 0.25) is 15.9 Å². The maximum absolute atomic E-state index is 13.2. The van der Waals surface area contributed by atoms with E-state index in [2.05, 4.69) is 10.3 Å². The van der Waals surface area contributed by atoms with Gasteiger partial charge in [-0.15, -0.1) is 0 Å². The fraction of sp³-hybridized carbons (Fsp3) is 0.130. The zero-order valence-corrected chi connectivity index (χ0v) is 19.2. The largest absolute Gasteiger partial charge is 0.325 e. The SMILES string of the molecule is CCn1c(S[C@@H](C(=O)Nc2ccc(F)cc2)c2ccccc2)nc2cc(S(N)(=O)=O)ccc21.